The molecule has 2 rings (SSSR count). The maximum atomic E-state index is 12.3. The van der Waals surface area contributed by atoms with Gasteiger partial charge in [-0.05, 0) is 25.2 Å². The summed E-state index contributed by atoms with van der Waals surface area (Å²) in [6.45, 7) is 9.62. The highest BCUT2D eigenvalue weighted by Crippen LogP contribution is 2.30. The molecule has 2 amide bonds. The maximum absolute atomic E-state index is 12.3. The van der Waals surface area contributed by atoms with E-state index in [-0.39, 0.29) is 18.2 Å². The van der Waals surface area contributed by atoms with Crippen molar-refractivity contribution in [2.75, 3.05) is 50.0 Å². The molecular weight excluding hydrogens is 352 g/mol. The molecule has 1 aliphatic rings. The highest BCUT2D eigenvalue weighted by atomic mass is 35.5. The molecule has 1 aromatic carbocycles. The third-order valence-corrected chi connectivity index (χ3v) is 4.63. The molecule has 1 saturated heterocycles. The number of benzene rings is 1. The van der Waals surface area contributed by atoms with Crippen molar-refractivity contribution in [2.24, 2.45) is 5.41 Å². The summed E-state index contributed by atoms with van der Waals surface area (Å²) < 4.78 is 0. The second-order valence-corrected chi connectivity index (χ2v) is 8.19. The van der Waals surface area contributed by atoms with Gasteiger partial charge in [-0.1, -0.05) is 32.4 Å². The van der Waals surface area contributed by atoms with Crippen LogP contribution in [0.3, 0.4) is 0 Å². The molecule has 26 heavy (non-hydrogen) atoms. The standard InChI is InChI=1S/C19H29ClN4O2/c1-19(2,3)18(26)21-8-7-17(25)22-15-13-14(20)5-6-16(15)24-11-9-23(4)10-12-24/h5-6,13H,7-12H2,1-4H3,(H,21,26)(H,22,25). The highest BCUT2D eigenvalue weighted by Gasteiger charge is 2.21. The number of carbonyl (C=O) groups excluding carboxylic acids is 2. The number of nitrogens with zero attached hydrogens (tertiary/aromatic N) is 2. The van der Waals surface area contributed by atoms with Gasteiger partial charge in [0.25, 0.3) is 0 Å². The van der Waals surface area contributed by atoms with Crippen molar-refractivity contribution in [1.29, 1.82) is 0 Å². The normalized spacial score (nSPS) is 15.7. The lowest BCUT2D eigenvalue weighted by atomic mass is 9.96. The molecule has 0 atom stereocenters. The molecule has 6 nitrogen and oxygen atoms in total. The van der Waals surface area contributed by atoms with Crippen LogP contribution >= 0.6 is 11.6 Å². The average molecular weight is 381 g/mol. The fourth-order valence-corrected chi connectivity index (χ4v) is 2.87. The van der Waals surface area contributed by atoms with E-state index >= 15 is 0 Å². The molecule has 7 heteroatoms. The van der Waals surface area contributed by atoms with Crippen molar-refractivity contribution in [3.8, 4) is 0 Å². The van der Waals surface area contributed by atoms with Crippen molar-refractivity contribution in [3.63, 3.8) is 0 Å². The first-order chi connectivity index (χ1) is 12.2. The molecule has 0 spiro atoms. The Labute approximate surface area is 160 Å². The number of anilines is 2. The van der Waals surface area contributed by atoms with Gasteiger partial charge in [0.15, 0.2) is 0 Å². The van der Waals surface area contributed by atoms with Crippen molar-refractivity contribution >= 4 is 34.8 Å². The molecule has 0 radical (unpaired) electrons. The van der Waals surface area contributed by atoms with E-state index in [0.717, 1.165) is 31.9 Å². The van der Waals surface area contributed by atoms with Gasteiger partial charge in [-0.2, -0.15) is 0 Å². The smallest absolute Gasteiger partial charge is 0.226 e. The zero-order valence-corrected chi connectivity index (χ0v) is 16.8. The van der Waals surface area contributed by atoms with Crippen LogP contribution in [-0.4, -0.2) is 56.5 Å². The molecule has 1 fully saturated rings. The van der Waals surface area contributed by atoms with E-state index in [0.29, 0.717) is 17.3 Å². The Balaban J connectivity index is 1.96. The van der Waals surface area contributed by atoms with E-state index in [4.69, 9.17) is 11.6 Å². The molecule has 2 N–H and O–H groups in total. The van der Waals surface area contributed by atoms with Crippen LogP contribution in [0.2, 0.25) is 5.02 Å². The van der Waals surface area contributed by atoms with Gasteiger partial charge in [-0.25, -0.2) is 0 Å². The van der Waals surface area contributed by atoms with Gasteiger partial charge in [0, 0.05) is 49.6 Å². The number of amides is 2. The van der Waals surface area contributed by atoms with Crippen LogP contribution in [0, 0.1) is 5.41 Å². The van der Waals surface area contributed by atoms with Crippen LogP contribution in [-0.2, 0) is 9.59 Å². The van der Waals surface area contributed by atoms with Crippen molar-refractivity contribution < 1.29 is 9.59 Å². The number of hydrogen-bond acceptors (Lipinski definition) is 4. The number of piperazine rings is 1. The SMILES string of the molecule is CN1CCN(c2ccc(Cl)cc2NC(=O)CCNC(=O)C(C)(C)C)CC1. The zero-order valence-electron chi connectivity index (χ0n) is 16.1. The topological polar surface area (TPSA) is 64.7 Å². The van der Waals surface area contributed by atoms with Gasteiger partial charge in [-0.3, -0.25) is 9.59 Å². The number of nitrogens with one attached hydrogen (secondary N) is 2. The quantitative estimate of drug-likeness (QED) is 0.824. The molecule has 1 aromatic rings. The number of hydrogen-bond donors (Lipinski definition) is 2. The third-order valence-electron chi connectivity index (χ3n) is 4.40. The van der Waals surface area contributed by atoms with E-state index in [2.05, 4.69) is 27.5 Å². The molecule has 0 bridgehead atoms. The number of rotatable bonds is 5. The van der Waals surface area contributed by atoms with Gasteiger partial charge in [0.2, 0.25) is 11.8 Å². The first-order valence-electron chi connectivity index (χ1n) is 8.98. The summed E-state index contributed by atoms with van der Waals surface area (Å²) in [5.74, 6) is -0.206. The van der Waals surface area contributed by atoms with Crippen LogP contribution in [0.4, 0.5) is 11.4 Å². The van der Waals surface area contributed by atoms with E-state index in [1.165, 1.54) is 0 Å². The Morgan fingerprint density at radius 2 is 1.81 bits per heavy atom. The average Bonchev–Trinajstić information content (AvgIpc) is 2.55. The summed E-state index contributed by atoms with van der Waals surface area (Å²) in [7, 11) is 2.10. The lowest BCUT2D eigenvalue weighted by Crippen LogP contribution is -2.44. The summed E-state index contributed by atoms with van der Waals surface area (Å²) in [4.78, 5) is 28.7. The maximum Gasteiger partial charge on any atom is 0.226 e. The Morgan fingerprint density at radius 3 is 2.42 bits per heavy atom. The van der Waals surface area contributed by atoms with Gasteiger partial charge >= 0.3 is 0 Å². The zero-order chi connectivity index (χ0) is 19.3. The minimum atomic E-state index is -0.460. The summed E-state index contributed by atoms with van der Waals surface area (Å²) >= 11 is 6.12. The minimum absolute atomic E-state index is 0.0637. The van der Waals surface area contributed by atoms with E-state index < -0.39 is 5.41 Å². The van der Waals surface area contributed by atoms with Crippen LogP contribution < -0.4 is 15.5 Å². The van der Waals surface area contributed by atoms with Crippen LogP contribution in [0.1, 0.15) is 27.2 Å². The Kier molecular flexibility index (Phi) is 6.89. The molecule has 0 saturated carbocycles. The van der Waals surface area contributed by atoms with Crippen molar-refractivity contribution in [3.05, 3.63) is 23.2 Å². The number of carbonyl (C=O) groups is 2. The molecular formula is C19H29ClN4O2. The third kappa shape index (κ3) is 5.88. The van der Waals surface area contributed by atoms with Gasteiger partial charge in [0.05, 0.1) is 11.4 Å². The highest BCUT2D eigenvalue weighted by molar-refractivity contribution is 6.31. The summed E-state index contributed by atoms with van der Waals surface area (Å²) in [5, 5.41) is 6.32. The van der Waals surface area contributed by atoms with E-state index in [9.17, 15) is 9.59 Å². The lowest BCUT2D eigenvalue weighted by Gasteiger charge is -2.35. The Morgan fingerprint density at radius 1 is 1.15 bits per heavy atom. The summed E-state index contributed by atoms with van der Waals surface area (Å²) in [6, 6.07) is 5.57. The van der Waals surface area contributed by atoms with Gasteiger partial charge < -0.3 is 20.4 Å². The number of halogens is 1. The molecule has 1 aliphatic heterocycles. The fourth-order valence-electron chi connectivity index (χ4n) is 2.70. The fraction of sp³-hybridized carbons (Fsp3) is 0.579. The Bertz CT molecular complexity index is 649. The largest absolute Gasteiger partial charge is 0.367 e. The number of likely N-dealkylation sites (N-methyl/N-ethyl adjacent to an activating group) is 1. The monoisotopic (exact) mass is 380 g/mol. The van der Waals surface area contributed by atoms with Crippen LogP contribution in [0.15, 0.2) is 18.2 Å². The van der Waals surface area contributed by atoms with E-state index in [1.54, 1.807) is 6.07 Å². The Hall–Kier alpha value is -1.79. The van der Waals surface area contributed by atoms with Crippen LogP contribution in [0.25, 0.3) is 0 Å². The minimum Gasteiger partial charge on any atom is -0.367 e. The first-order valence-corrected chi connectivity index (χ1v) is 9.36. The molecule has 144 valence electrons. The van der Waals surface area contributed by atoms with Crippen molar-refractivity contribution in [1.82, 2.24) is 10.2 Å². The van der Waals surface area contributed by atoms with Gasteiger partial charge in [-0.15, -0.1) is 0 Å². The summed E-state index contributed by atoms with van der Waals surface area (Å²) in [5.41, 5.74) is 1.24. The van der Waals surface area contributed by atoms with Crippen LogP contribution in [0.5, 0.6) is 0 Å². The molecule has 0 aromatic heterocycles. The molecule has 0 aliphatic carbocycles. The lowest BCUT2D eigenvalue weighted by molar-refractivity contribution is -0.128. The van der Waals surface area contributed by atoms with Crippen molar-refractivity contribution in [2.45, 2.75) is 27.2 Å². The second kappa shape index (κ2) is 8.73. The summed E-state index contributed by atoms with van der Waals surface area (Å²) in [6.07, 6.45) is 0.219. The van der Waals surface area contributed by atoms with E-state index in [1.807, 2.05) is 32.9 Å². The predicted molar refractivity (Wildman–Crippen MR) is 107 cm³/mol. The first kappa shape index (κ1) is 20.5. The molecule has 0 unspecified atom stereocenters. The molecule has 1 heterocycles. The predicted octanol–water partition coefficient (Wildman–Crippen LogP) is 2.58. The second-order valence-electron chi connectivity index (χ2n) is 7.76. The van der Waals surface area contributed by atoms with Gasteiger partial charge in [0.1, 0.15) is 0 Å².